The van der Waals surface area contributed by atoms with E-state index in [9.17, 15) is 28.8 Å². The molecule has 1 heterocycles. The Morgan fingerprint density at radius 3 is 2.15 bits per heavy atom. The summed E-state index contributed by atoms with van der Waals surface area (Å²) in [6, 6.07) is -3.45. The Kier molecular flexibility index (Phi) is 11.6. The molecule has 0 spiro atoms. The zero-order valence-electron chi connectivity index (χ0n) is 29.8. The summed E-state index contributed by atoms with van der Waals surface area (Å²) in [5, 5.41) is 10.9. The van der Waals surface area contributed by atoms with Crippen LogP contribution in [0.25, 0.3) is 0 Å². The molecule has 1 unspecified atom stereocenters. The molecule has 4 N–H and O–H groups in total. The lowest BCUT2D eigenvalue weighted by molar-refractivity contribution is -0.157. The normalized spacial score (nSPS) is 23.9. The third kappa shape index (κ3) is 9.56. The highest BCUT2D eigenvalue weighted by Crippen LogP contribution is 2.65. The number of ketones is 1. The van der Waals surface area contributed by atoms with Crippen molar-refractivity contribution in [2.24, 2.45) is 22.7 Å². The van der Waals surface area contributed by atoms with Gasteiger partial charge in [0.15, 0.2) is 0 Å². The number of carbonyl (C=O) groups excluding carboxylic acids is 6. The molecule has 3 aliphatic rings. The minimum atomic E-state index is -1.16. The summed E-state index contributed by atoms with van der Waals surface area (Å²) in [6.07, 6.45) is 5.62. The largest absolute Gasteiger partial charge is 0.459 e. The number of nitrogens with one attached hydrogen (secondary N) is 4. The van der Waals surface area contributed by atoms with Gasteiger partial charge in [-0.25, -0.2) is 4.79 Å². The van der Waals surface area contributed by atoms with Gasteiger partial charge in [0, 0.05) is 18.6 Å². The molecule has 3 fully saturated rings. The molecule has 264 valence electrons. The van der Waals surface area contributed by atoms with Gasteiger partial charge in [-0.2, -0.15) is 0 Å². The number of hydrogen-bond acceptors (Lipinski definition) is 7. The maximum Gasteiger partial charge on any atom is 0.315 e. The molecule has 0 radical (unpaired) electrons. The number of likely N-dealkylation sites (tertiary alicyclic amines) is 1. The van der Waals surface area contributed by atoms with Crippen molar-refractivity contribution in [3.63, 3.8) is 0 Å². The summed E-state index contributed by atoms with van der Waals surface area (Å²) in [6.45, 7) is 21.0. The topological polar surface area (TPSA) is 163 Å². The highest BCUT2D eigenvalue weighted by Gasteiger charge is 2.70. The van der Waals surface area contributed by atoms with E-state index in [4.69, 9.17) is 4.74 Å². The summed E-state index contributed by atoms with van der Waals surface area (Å²) in [5.41, 5.74) is -1.87. The quantitative estimate of drug-likeness (QED) is 0.134. The number of urea groups is 1. The number of nitrogens with zero attached hydrogens (tertiary/aromatic N) is 1. The number of Topliss-reactive ketones (excluding diaryl/α,β-unsaturated/α-hetero) is 1. The van der Waals surface area contributed by atoms with Gasteiger partial charge in [0.2, 0.25) is 17.6 Å². The Hall–Kier alpha value is -3.44. The molecule has 12 nitrogen and oxygen atoms in total. The summed E-state index contributed by atoms with van der Waals surface area (Å²) in [7, 11) is 0. The summed E-state index contributed by atoms with van der Waals surface area (Å²) in [5.74, 6) is -3.17. The Morgan fingerprint density at radius 1 is 0.979 bits per heavy atom. The number of allylic oxidation sites excluding steroid dienone is 1. The first-order valence-corrected chi connectivity index (χ1v) is 17.0. The fourth-order valence-electron chi connectivity index (χ4n) is 7.02. The molecule has 12 heteroatoms. The van der Waals surface area contributed by atoms with Crippen molar-refractivity contribution in [2.45, 2.75) is 137 Å². The van der Waals surface area contributed by atoms with Gasteiger partial charge in [-0.15, -0.1) is 6.58 Å². The van der Waals surface area contributed by atoms with Gasteiger partial charge >= 0.3 is 12.0 Å². The van der Waals surface area contributed by atoms with E-state index in [2.05, 4.69) is 27.8 Å². The van der Waals surface area contributed by atoms with Crippen molar-refractivity contribution in [1.29, 1.82) is 0 Å². The number of ether oxygens (including phenoxy) is 1. The number of rotatable bonds is 13. The number of fused-ring (bicyclic) bond motifs is 1. The maximum absolute atomic E-state index is 14.1. The van der Waals surface area contributed by atoms with Gasteiger partial charge in [0.1, 0.15) is 17.7 Å². The van der Waals surface area contributed by atoms with Gasteiger partial charge < -0.3 is 30.9 Å². The first kappa shape index (κ1) is 38.0. The summed E-state index contributed by atoms with van der Waals surface area (Å²) in [4.78, 5) is 81.0. The smallest absolute Gasteiger partial charge is 0.315 e. The molecule has 2 saturated carbocycles. The number of amides is 5. The minimum absolute atomic E-state index is 0.0723. The molecule has 5 amide bonds. The van der Waals surface area contributed by atoms with Crippen molar-refractivity contribution in [1.82, 2.24) is 26.2 Å². The summed E-state index contributed by atoms with van der Waals surface area (Å²) < 4.78 is 5.59. The molecule has 2 aliphatic carbocycles. The number of carbonyl (C=O) groups is 6. The summed E-state index contributed by atoms with van der Waals surface area (Å²) >= 11 is 0. The molecule has 0 bridgehead atoms. The number of hydrogen-bond donors (Lipinski definition) is 4. The standard InChI is InChI=1S/C35H57N5O7/c1-11-12-15-22(26(42)29(44)36-19-16-23(41)47-35(10)17-13-14-18-35)37-28(43)25-24-21(34(24,8)9)20-40(25)30(45)27(32(2,3)4)38-31(46)39-33(5,6)7/h11,21-22,24-25,27H,1,12-20H2,2-10H3,(H,36,44)(H,37,43)(H2,38,39,46)/t21-,22?,24-,25-,27+/m0/s1. The van der Waals surface area contributed by atoms with Crippen molar-refractivity contribution < 1.29 is 33.5 Å². The lowest BCUT2D eigenvalue weighted by Gasteiger charge is -2.38. The molecular formula is C35H57N5O7. The molecule has 0 aromatic heterocycles. The van der Waals surface area contributed by atoms with Gasteiger partial charge in [-0.3, -0.25) is 24.0 Å². The van der Waals surface area contributed by atoms with Gasteiger partial charge in [0.25, 0.3) is 5.91 Å². The Balaban J connectivity index is 1.71. The first-order valence-electron chi connectivity index (χ1n) is 17.0. The zero-order chi connectivity index (χ0) is 35.5. The molecular weight excluding hydrogens is 602 g/mol. The van der Waals surface area contributed by atoms with Crippen LogP contribution >= 0.6 is 0 Å². The molecule has 0 aromatic rings. The zero-order valence-corrected chi connectivity index (χ0v) is 29.8. The Bertz CT molecular complexity index is 1240. The van der Waals surface area contributed by atoms with E-state index in [-0.39, 0.29) is 42.5 Å². The van der Waals surface area contributed by atoms with Crippen LogP contribution in [0.4, 0.5) is 4.79 Å². The molecule has 1 saturated heterocycles. The third-order valence-corrected chi connectivity index (χ3v) is 9.79. The third-order valence-electron chi connectivity index (χ3n) is 9.79. The van der Waals surface area contributed by atoms with Gasteiger partial charge in [-0.05, 0) is 88.9 Å². The molecule has 0 aromatic carbocycles. The maximum atomic E-state index is 14.1. The predicted octanol–water partition coefficient (Wildman–Crippen LogP) is 3.38. The average Bonchev–Trinajstić information content (AvgIpc) is 3.30. The second kappa shape index (κ2) is 14.4. The lowest BCUT2D eigenvalue weighted by atomic mass is 9.85. The van der Waals surface area contributed by atoms with E-state index >= 15 is 0 Å². The highest BCUT2D eigenvalue weighted by atomic mass is 16.6. The van der Waals surface area contributed by atoms with Crippen molar-refractivity contribution in [2.75, 3.05) is 13.1 Å². The second-order valence-corrected chi connectivity index (χ2v) is 16.5. The molecule has 47 heavy (non-hydrogen) atoms. The second-order valence-electron chi connectivity index (χ2n) is 16.5. The minimum Gasteiger partial charge on any atom is -0.459 e. The van der Waals surface area contributed by atoms with Crippen LogP contribution in [-0.2, 0) is 28.7 Å². The van der Waals surface area contributed by atoms with Gasteiger partial charge in [-0.1, -0.05) is 40.7 Å². The van der Waals surface area contributed by atoms with Crippen LogP contribution in [-0.4, -0.2) is 82.8 Å². The van der Waals surface area contributed by atoms with E-state index in [1.54, 1.807) is 6.08 Å². The van der Waals surface area contributed by atoms with Crippen LogP contribution in [0.1, 0.15) is 107 Å². The Morgan fingerprint density at radius 2 is 1.60 bits per heavy atom. The van der Waals surface area contributed by atoms with Crippen molar-refractivity contribution >= 4 is 35.5 Å². The van der Waals surface area contributed by atoms with Crippen LogP contribution in [0.3, 0.4) is 0 Å². The average molecular weight is 660 g/mol. The fraction of sp³-hybridized carbons (Fsp3) is 0.771. The van der Waals surface area contributed by atoms with Gasteiger partial charge in [0.05, 0.1) is 12.5 Å². The van der Waals surface area contributed by atoms with Crippen molar-refractivity contribution in [3.05, 3.63) is 12.7 Å². The predicted molar refractivity (Wildman–Crippen MR) is 178 cm³/mol. The van der Waals surface area contributed by atoms with Crippen LogP contribution in [0.2, 0.25) is 0 Å². The lowest BCUT2D eigenvalue weighted by Crippen LogP contribution is -2.62. The van der Waals surface area contributed by atoms with E-state index in [1.165, 1.54) is 4.90 Å². The monoisotopic (exact) mass is 659 g/mol. The van der Waals surface area contributed by atoms with Crippen LogP contribution < -0.4 is 21.3 Å². The fourth-order valence-corrected chi connectivity index (χ4v) is 7.02. The van der Waals surface area contributed by atoms with E-state index in [1.807, 2.05) is 62.3 Å². The van der Waals surface area contributed by atoms with E-state index < -0.39 is 64.3 Å². The highest BCUT2D eigenvalue weighted by molar-refractivity contribution is 6.38. The van der Waals surface area contributed by atoms with Crippen LogP contribution in [0, 0.1) is 22.7 Å². The first-order chi connectivity index (χ1) is 21.6. The van der Waals surface area contributed by atoms with Crippen LogP contribution in [0.15, 0.2) is 12.7 Å². The SMILES string of the molecule is C=CCCC(NC(=O)[C@@H]1[C@@H]2[C@H](CN1C(=O)[C@@H](NC(=O)NC(C)(C)C)C(C)(C)C)C2(C)C)C(=O)C(=O)NCCC(=O)OC1(C)CCCC1. The molecule has 3 rings (SSSR count). The van der Waals surface area contributed by atoms with E-state index in [0.717, 1.165) is 25.7 Å². The number of piperidine rings is 1. The van der Waals surface area contributed by atoms with Crippen LogP contribution in [0.5, 0.6) is 0 Å². The Labute approximate surface area is 279 Å². The van der Waals surface area contributed by atoms with E-state index in [0.29, 0.717) is 13.0 Å². The molecule has 5 atom stereocenters. The van der Waals surface area contributed by atoms with Crippen molar-refractivity contribution in [3.8, 4) is 0 Å². The number of esters is 1. The molecule has 1 aliphatic heterocycles.